The average Bonchev–Trinajstić information content (AvgIpc) is 3.02. The van der Waals surface area contributed by atoms with Gasteiger partial charge in [0.15, 0.2) is 0 Å². The third kappa shape index (κ3) is 4.54. The van der Waals surface area contributed by atoms with Crippen LogP contribution in [0.2, 0.25) is 5.02 Å². The van der Waals surface area contributed by atoms with Crippen molar-refractivity contribution in [3.63, 3.8) is 0 Å². The molecule has 13 heteroatoms. The Hall–Kier alpha value is -2.99. The Morgan fingerprint density at radius 3 is 2.32 bits per heavy atom. The standard InChI is InChI=1S/C18H11ClF5N3O3S/c1-27-8-13(25-16(27)15-11(20)3-2-4-12(15)21)17(28)26-31(29,30)14-7-9(18(22,23)24)5-6-10(14)19/h2-8H,1H3,(H,26,28). The van der Waals surface area contributed by atoms with Crippen molar-refractivity contribution in [1.29, 1.82) is 0 Å². The Kier molecular flexibility index (Phi) is 5.80. The first-order chi connectivity index (χ1) is 14.3. The predicted octanol–water partition coefficient (Wildman–Crippen LogP) is 4.16. The second kappa shape index (κ2) is 7.93. The zero-order valence-electron chi connectivity index (χ0n) is 15.3. The molecule has 0 bridgehead atoms. The van der Waals surface area contributed by atoms with E-state index in [1.165, 1.54) is 7.05 Å². The van der Waals surface area contributed by atoms with Gasteiger partial charge in [-0.15, -0.1) is 0 Å². The second-order valence-electron chi connectivity index (χ2n) is 6.23. The van der Waals surface area contributed by atoms with Gasteiger partial charge in [0.1, 0.15) is 28.0 Å². The van der Waals surface area contributed by atoms with E-state index >= 15 is 0 Å². The van der Waals surface area contributed by atoms with Crippen molar-refractivity contribution in [2.75, 3.05) is 0 Å². The third-order valence-corrected chi connectivity index (χ3v) is 5.88. The molecule has 6 nitrogen and oxygen atoms in total. The van der Waals surface area contributed by atoms with Crippen LogP contribution in [0.4, 0.5) is 22.0 Å². The molecule has 0 fully saturated rings. The van der Waals surface area contributed by atoms with Crippen molar-refractivity contribution in [2.45, 2.75) is 11.1 Å². The summed E-state index contributed by atoms with van der Waals surface area (Å²) in [5.41, 5.74) is -2.39. The first-order valence-corrected chi connectivity index (χ1v) is 10.1. The molecule has 3 aromatic rings. The molecule has 0 aliphatic carbocycles. The fraction of sp³-hybridized carbons (Fsp3) is 0.111. The summed E-state index contributed by atoms with van der Waals surface area (Å²) in [4.78, 5) is 15.1. The third-order valence-electron chi connectivity index (χ3n) is 4.07. The van der Waals surface area contributed by atoms with Crippen molar-refractivity contribution in [2.24, 2.45) is 7.05 Å². The molecule has 3 rings (SSSR count). The van der Waals surface area contributed by atoms with Crippen LogP contribution in [0.15, 0.2) is 47.5 Å². The van der Waals surface area contributed by atoms with Crippen LogP contribution in [0.1, 0.15) is 16.1 Å². The number of amides is 1. The van der Waals surface area contributed by atoms with Gasteiger partial charge in [-0.25, -0.2) is 26.9 Å². The maximum absolute atomic E-state index is 14.0. The van der Waals surface area contributed by atoms with Gasteiger partial charge in [-0.1, -0.05) is 17.7 Å². The van der Waals surface area contributed by atoms with E-state index in [4.69, 9.17) is 11.6 Å². The summed E-state index contributed by atoms with van der Waals surface area (Å²) in [5.74, 6) is -3.59. The number of carbonyl (C=O) groups excluding carboxylic acids is 1. The molecule has 164 valence electrons. The SMILES string of the molecule is Cn1cc(C(=O)NS(=O)(=O)c2cc(C(F)(F)F)ccc2Cl)nc1-c1c(F)cccc1F. The zero-order valence-corrected chi connectivity index (χ0v) is 16.9. The molecular formula is C18H11ClF5N3O3S. The van der Waals surface area contributed by atoms with Gasteiger partial charge < -0.3 is 4.57 Å². The largest absolute Gasteiger partial charge is 0.416 e. The van der Waals surface area contributed by atoms with E-state index in [1.54, 1.807) is 4.72 Å². The molecule has 0 spiro atoms. The highest BCUT2D eigenvalue weighted by Crippen LogP contribution is 2.33. The molecule has 1 heterocycles. The molecule has 0 radical (unpaired) electrons. The Labute approximate surface area is 177 Å². The summed E-state index contributed by atoms with van der Waals surface area (Å²) in [6.07, 6.45) is -3.85. The van der Waals surface area contributed by atoms with Gasteiger partial charge in [-0.3, -0.25) is 4.79 Å². The Morgan fingerprint density at radius 1 is 1.13 bits per heavy atom. The number of halogens is 6. The Balaban J connectivity index is 1.96. The zero-order chi connectivity index (χ0) is 23.1. The van der Waals surface area contributed by atoms with Crippen molar-refractivity contribution in [3.05, 3.63) is 70.5 Å². The van der Waals surface area contributed by atoms with Gasteiger partial charge in [0.05, 0.1) is 16.1 Å². The summed E-state index contributed by atoms with van der Waals surface area (Å²) in [6.45, 7) is 0. The number of rotatable bonds is 4. The van der Waals surface area contributed by atoms with Gasteiger partial charge in [0.25, 0.3) is 15.9 Å². The van der Waals surface area contributed by atoms with Crippen molar-refractivity contribution in [1.82, 2.24) is 14.3 Å². The smallest absolute Gasteiger partial charge is 0.333 e. The summed E-state index contributed by atoms with van der Waals surface area (Å²) in [7, 11) is -3.53. The number of carbonyl (C=O) groups is 1. The number of imidazole rings is 1. The summed E-state index contributed by atoms with van der Waals surface area (Å²) in [6, 6.07) is 4.63. The van der Waals surface area contributed by atoms with E-state index in [-0.39, 0.29) is 11.9 Å². The topological polar surface area (TPSA) is 81.1 Å². The van der Waals surface area contributed by atoms with Gasteiger partial charge in [0, 0.05) is 13.2 Å². The van der Waals surface area contributed by atoms with Crippen LogP contribution >= 0.6 is 11.6 Å². The predicted molar refractivity (Wildman–Crippen MR) is 99.7 cm³/mol. The number of aromatic nitrogens is 2. The van der Waals surface area contributed by atoms with Gasteiger partial charge in [0.2, 0.25) is 0 Å². The minimum absolute atomic E-state index is 0.274. The number of benzene rings is 2. The number of hydrogen-bond acceptors (Lipinski definition) is 4. The maximum atomic E-state index is 14.0. The number of nitrogens with zero attached hydrogens (tertiary/aromatic N) is 2. The first-order valence-electron chi connectivity index (χ1n) is 8.23. The van der Waals surface area contributed by atoms with Gasteiger partial charge in [-0.2, -0.15) is 13.2 Å². The monoisotopic (exact) mass is 479 g/mol. The van der Waals surface area contributed by atoms with Crippen molar-refractivity contribution < 1.29 is 35.2 Å². The molecule has 0 aliphatic rings. The lowest BCUT2D eigenvalue weighted by Gasteiger charge is -2.11. The molecule has 0 saturated heterocycles. The Bertz CT molecular complexity index is 1270. The fourth-order valence-electron chi connectivity index (χ4n) is 2.63. The average molecular weight is 480 g/mol. The van der Waals surface area contributed by atoms with Crippen LogP contribution in [-0.2, 0) is 23.2 Å². The molecule has 0 unspecified atom stereocenters. The van der Waals surface area contributed by atoms with E-state index in [9.17, 15) is 35.2 Å². The molecular weight excluding hydrogens is 469 g/mol. The number of nitrogens with one attached hydrogen (secondary N) is 1. The van der Waals surface area contributed by atoms with Crippen LogP contribution < -0.4 is 4.72 Å². The molecule has 0 atom stereocenters. The summed E-state index contributed by atoms with van der Waals surface area (Å²) >= 11 is 5.70. The van der Waals surface area contributed by atoms with Crippen molar-refractivity contribution >= 4 is 27.5 Å². The number of alkyl halides is 3. The molecule has 0 saturated carbocycles. The van der Waals surface area contributed by atoms with E-state index in [1.807, 2.05) is 0 Å². The number of aryl methyl sites for hydroxylation is 1. The van der Waals surface area contributed by atoms with Crippen LogP contribution in [0.25, 0.3) is 11.4 Å². The van der Waals surface area contributed by atoms with E-state index < -0.39 is 60.5 Å². The Morgan fingerprint density at radius 2 is 1.74 bits per heavy atom. The highest BCUT2D eigenvalue weighted by Gasteiger charge is 2.33. The first kappa shape index (κ1) is 22.7. The lowest BCUT2D eigenvalue weighted by Crippen LogP contribution is -2.31. The van der Waals surface area contributed by atoms with Crippen LogP contribution in [0, 0.1) is 11.6 Å². The van der Waals surface area contributed by atoms with E-state index in [0.717, 1.165) is 35.0 Å². The normalized spacial score (nSPS) is 12.1. The van der Waals surface area contributed by atoms with Crippen LogP contribution in [-0.4, -0.2) is 23.9 Å². The molecule has 0 aliphatic heterocycles. The van der Waals surface area contributed by atoms with Gasteiger partial charge >= 0.3 is 6.18 Å². The molecule has 2 aromatic carbocycles. The van der Waals surface area contributed by atoms with Crippen LogP contribution in [0.3, 0.4) is 0 Å². The lowest BCUT2D eigenvalue weighted by molar-refractivity contribution is -0.137. The quantitative estimate of drug-likeness (QED) is 0.570. The van der Waals surface area contributed by atoms with E-state index in [0.29, 0.717) is 6.07 Å². The molecule has 1 aromatic heterocycles. The second-order valence-corrected chi connectivity index (χ2v) is 8.29. The maximum Gasteiger partial charge on any atom is 0.416 e. The highest BCUT2D eigenvalue weighted by atomic mass is 35.5. The fourth-order valence-corrected chi connectivity index (χ4v) is 4.12. The highest BCUT2D eigenvalue weighted by molar-refractivity contribution is 7.90. The van der Waals surface area contributed by atoms with Gasteiger partial charge in [-0.05, 0) is 30.3 Å². The minimum atomic E-state index is -4.85. The molecule has 1 amide bonds. The minimum Gasteiger partial charge on any atom is -0.333 e. The molecule has 1 N–H and O–H groups in total. The lowest BCUT2D eigenvalue weighted by atomic mass is 10.2. The van der Waals surface area contributed by atoms with E-state index in [2.05, 4.69) is 4.98 Å². The summed E-state index contributed by atoms with van der Waals surface area (Å²) < 4.78 is 94.2. The number of sulfonamides is 1. The molecule has 31 heavy (non-hydrogen) atoms. The van der Waals surface area contributed by atoms with Crippen molar-refractivity contribution in [3.8, 4) is 11.4 Å². The number of hydrogen-bond donors (Lipinski definition) is 1. The summed E-state index contributed by atoms with van der Waals surface area (Å²) in [5, 5.41) is -0.552. The van der Waals surface area contributed by atoms with Crippen LogP contribution in [0.5, 0.6) is 0 Å².